The molecule has 0 saturated carbocycles. The molecule has 0 fully saturated rings. The van der Waals surface area contributed by atoms with Crippen molar-refractivity contribution in [1.82, 2.24) is 15.3 Å². The average molecular weight is 345 g/mol. The summed E-state index contributed by atoms with van der Waals surface area (Å²) in [6.45, 7) is 0.408. The molecular formula is C20H15N3OS. The fourth-order valence-electron chi connectivity index (χ4n) is 2.78. The molecule has 1 amide bonds. The smallest absolute Gasteiger partial charge is 0.270 e. The minimum atomic E-state index is -0.183. The van der Waals surface area contributed by atoms with Crippen LogP contribution in [0.15, 0.2) is 72.4 Å². The molecule has 0 aliphatic heterocycles. The Balaban J connectivity index is 1.59. The minimum absolute atomic E-state index is 0.183. The van der Waals surface area contributed by atoms with E-state index in [-0.39, 0.29) is 5.91 Å². The van der Waals surface area contributed by atoms with E-state index in [1.165, 1.54) is 0 Å². The van der Waals surface area contributed by atoms with E-state index in [2.05, 4.69) is 15.3 Å². The number of carbonyl (C=O) groups excluding carboxylic acids is 1. The van der Waals surface area contributed by atoms with Gasteiger partial charge in [0, 0.05) is 24.3 Å². The fourth-order valence-corrected chi connectivity index (χ4v) is 3.53. The average Bonchev–Trinajstić information content (AvgIpc) is 3.20. The number of benzene rings is 1. The number of nitrogens with zero attached hydrogens (tertiary/aromatic N) is 2. The van der Waals surface area contributed by atoms with Crippen LogP contribution < -0.4 is 5.32 Å². The zero-order valence-corrected chi connectivity index (χ0v) is 14.2. The molecule has 0 spiro atoms. The Morgan fingerprint density at radius 1 is 0.960 bits per heavy atom. The predicted octanol–water partition coefficient (Wildman–Crippen LogP) is 4.29. The number of hydrogen-bond acceptors (Lipinski definition) is 4. The van der Waals surface area contributed by atoms with Gasteiger partial charge in [0.2, 0.25) is 0 Å². The van der Waals surface area contributed by atoms with E-state index >= 15 is 0 Å². The Morgan fingerprint density at radius 2 is 1.88 bits per heavy atom. The summed E-state index contributed by atoms with van der Waals surface area (Å²) in [5, 5.41) is 6.85. The molecule has 4 rings (SSSR count). The van der Waals surface area contributed by atoms with Crippen LogP contribution in [0.1, 0.15) is 16.1 Å². The molecule has 5 heteroatoms. The van der Waals surface area contributed by atoms with Crippen molar-refractivity contribution in [3.05, 3.63) is 83.6 Å². The van der Waals surface area contributed by atoms with E-state index in [0.29, 0.717) is 12.2 Å². The largest absolute Gasteiger partial charge is 0.347 e. The van der Waals surface area contributed by atoms with Crippen LogP contribution in [0.4, 0.5) is 0 Å². The molecular weight excluding hydrogens is 330 g/mol. The van der Waals surface area contributed by atoms with Crippen molar-refractivity contribution in [3.63, 3.8) is 0 Å². The molecule has 4 nitrogen and oxygen atoms in total. The highest BCUT2D eigenvalue weighted by atomic mass is 32.1. The first-order valence-corrected chi connectivity index (χ1v) is 8.80. The highest BCUT2D eigenvalue weighted by molar-refractivity contribution is 7.13. The van der Waals surface area contributed by atoms with E-state index in [4.69, 9.17) is 0 Å². The molecule has 3 aromatic heterocycles. The van der Waals surface area contributed by atoms with E-state index in [0.717, 1.165) is 26.9 Å². The first-order valence-electron chi connectivity index (χ1n) is 7.92. The maximum atomic E-state index is 12.6. The quantitative estimate of drug-likeness (QED) is 0.600. The second-order valence-electron chi connectivity index (χ2n) is 5.55. The maximum Gasteiger partial charge on any atom is 0.270 e. The predicted molar refractivity (Wildman–Crippen MR) is 100 cm³/mol. The van der Waals surface area contributed by atoms with Crippen molar-refractivity contribution in [1.29, 1.82) is 0 Å². The van der Waals surface area contributed by atoms with Crippen LogP contribution in [0.2, 0.25) is 0 Å². The van der Waals surface area contributed by atoms with Gasteiger partial charge in [-0.1, -0.05) is 36.4 Å². The molecule has 0 saturated heterocycles. The third-order valence-electron chi connectivity index (χ3n) is 3.97. The Kier molecular flexibility index (Phi) is 4.23. The zero-order valence-electron chi connectivity index (χ0n) is 13.3. The monoisotopic (exact) mass is 345 g/mol. The van der Waals surface area contributed by atoms with Crippen LogP contribution in [0, 0.1) is 0 Å². The fraction of sp³-hybridized carbons (Fsp3) is 0.0500. The number of hydrogen-bond donors (Lipinski definition) is 1. The van der Waals surface area contributed by atoms with Crippen molar-refractivity contribution < 1.29 is 4.79 Å². The van der Waals surface area contributed by atoms with E-state index < -0.39 is 0 Å². The molecule has 4 aromatic rings. The summed E-state index contributed by atoms with van der Waals surface area (Å²) in [5.74, 6) is -0.183. The van der Waals surface area contributed by atoms with Gasteiger partial charge < -0.3 is 5.32 Å². The third kappa shape index (κ3) is 3.14. The summed E-state index contributed by atoms with van der Waals surface area (Å²) in [6.07, 6.45) is 3.44. The summed E-state index contributed by atoms with van der Waals surface area (Å²) >= 11 is 1.64. The minimum Gasteiger partial charge on any atom is -0.347 e. The maximum absolute atomic E-state index is 12.6. The van der Waals surface area contributed by atoms with Crippen LogP contribution in [0.25, 0.3) is 21.3 Å². The van der Waals surface area contributed by atoms with Gasteiger partial charge in [-0.2, -0.15) is 0 Å². The van der Waals surface area contributed by atoms with E-state index in [9.17, 15) is 4.79 Å². The Morgan fingerprint density at radius 3 is 2.76 bits per heavy atom. The number of aromatic nitrogens is 2. The van der Waals surface area contributed by atoms with Crippen LogP contribution in [-0.4, -0.2) is 15.9 Å². The lowest BCUT2D eigenvalue weighted by Gasteiger charge is -2.10. The Bertz CT molecular complexity index is 1020. The number of carbonyl (C=O) groups is 1. The van der Waals surface area contributed by atoms with Crippen molar-refractivity contribution in [2.45, 2.75) is 6.54 Å². The second-order valence-corrected chi connectivity index (χ2v) is 6.50. The van der Waals surface area contributed by atoms with Crippen molar-refractivity contribution in [2.75, 3.05) is 0 Å². The van der Waals surface area contributed by atoms with Gasteiger partial charge in [0.1, 0.15) is 5.69 Å². The molecule has 1 N–H and O–H groups in total. The Hall–Kier alpha value is -3.05. The number of fused-ring (bicyclic) bond motifs is 1. The first-order chi connectivity index (χ1) is 12.3. The van der Waals surface area contributed by atoms with Crippen LogP contribution >= 0.6 is 11.3 Å². The molecule has 25 heavy (non-hydrogen) atoms. The van der Waals surface area contributed by atoms with E-state index in [1.54, 1.807) is 23.7 Å². The SMILES string of the molecule is O=C(NCc1cccnc1-c1cccs1)c1nccc2ccccc12. The van der Waals surface area contributed by atoms with Gasteiger partial charge in [-0.05, 0) is 34.5 Å². The molecule has 0 unspecified atom stereocenters. The van der Waals surface area contributed by atoms with Crippen molar-refractivity contribution in [2.24, 2.45) is 0 Å². The molecule has 0 aliphatic rings. The lowest BCUT2D eigenvalue weighted by Crippen LogP contribution is -2.24. The molecule has 3 heterocycles. The van der Waals surface area contributed by atoms with Gasteiger partial charge in [-0.25, -0.2) is 0 Å². The molecule has 0 atom stereocenters. The van der Waals surface area contributed by atoms with Gasteiger partial charge in [-0.3, -0.25) is 14.8 Å². The number of nitrogens with one attached hydrogen (secondary N) is 1. The summed E-state index contributed by atoms with van der Waals surface area (Å²) < 4.78 is 0. The van der Waals surface area contributed by atoms with Crippen LogP contribution in [0.3, 0.4) is 0 Å². The molecule has 0 aliphatic carbocycles. The Labute approximate surface area is 149 Å². The van der Waals surface area contributed by atoms with Crippen LogP contribution in [-0.2, 0) is 6.54 Å². The summed E-state index contributed by atoms with van der Waals surface area (Å²) in [5.41, 5.74) is 2.34. The highest BCUT2D eigenvalue weighted by Crippen LogP contribution is 2.25. The molecule has 1 aromatic carbocycles. The zero-order chi connectivity index (χ0) is 17.1. The lowest BCUT2D eigenvalue weighted by atomic mass is 10.1. The normalized spacial score (nSPS) is 10.7. The summed E-state index contributed by atoms with van der Waals surface area (Å²) in [4.78, 5) is 22.5. The number of pyridine rings is 2. The van der Waals surface area contributed by atoms with Gasteiger partial charge in [0.25, 0.3) is 5.91 Å². The van der Waals surface area contributed by atoms with Gasteiger partial charge in [0.05, 0.1) is 10.6 Å². The lowest BCUT2D eigenvalue weighted by molar-refractivity contribution is 0.0948. The van der Waals surface area contributed by atoms with Crippen molar-refractivity contribution in [3.8, 4) is 10.6 Å². The van der Waals surface area contributed by atoms with Crippen LogP contribution in [0.5, 0.6) is 0 Å². The number of amides is 1. The topological polar surface area (TPSA) is 54.9 Å². The molecule has 0 radical (unpaired) electrons. The highest BCUT2D eigenvalue weighted by Gasteiger charge is 2.13. The molecule has 0 bridgehead atoms. The third-order valence-corrected chi connectivity index (χ3v) is 4.85. The van der Waals surface area contributed by atoms with E-state index in [1.807, 2.05) is 60.0 Å². The number of thiophene rings is 1. The molecule has 122 valence electrons. The van der Waals surface area contributed by atoms with Gasteiger partial charge >= 0.3 is 0 Å². The summed E-state index contributed by atoms with van der Waals surface area (Å²) in [6, 6.07) is 17.6. The summed E-state index contributed by atoms with van der Waals surface area (Å²) in [7, 11) is 0. The van der Waals surface area contributed by atoms with Crippen molar-refractivity contribution >= 4 is 28.0 Å². The van der Waals surface area contributed by atoms with Gasteiger partial charge in [0.15, 0.2) is 0 Å². The standard InChI is InChI=1S/C20H15N3OS/c24-20(19-16-7-2-1-5-14(16)9-11-22-19)23-13-15-6-3-10-21-18(15)17-8-4-12-25-17/h1-12H,13H2,(H,23,24). The van der Waals surface area contributed by atoms with Gasteiger partial charge in [-0.15, -0.1) is 11.3 Å². The second kappa shape index (κ2) is 6.83. The number of rotatable bonds is 4. The first kappa shape index (κ1) is 15.5.